The van der Waals surface area contributed by atoms with E-state index in [-0.39, 0.29) is 41.8 Å². The number of aliphatic hydroxyl groups is 1. The molecule has 1 aromatic carbocycles. The number of nitrogen functional groups attached to an aromatic ring is 1. The number of sulfonamides is 1. The zero-order valence-electron chi connectivity index (χ0n) is 21.9. The van der Waals surface area contributed by atoms with Crippen LogP contribution in [-0.4, -0.2) is 73.0 Å². The Labute approximate surface area is 224 Å². The van der Waals surface area contributed by atoms with Gasteiger partial charge in [-0.25, -0.2) is 13.2 Å². The van der Waals surface area contributed by atoms with E-state index in [4.69, 9.17) is 15.2 Å². The highest BCUT2D eigenvalue weighted by Gasteiger charge is 2.40. The highest BCUT2D eigenvalue weighted by atomic mass is 32.2. The van der Waals surface area contributed by atoms with Crippen LogP contribution in [0.4, 0.5) is 10.5 Å². The van der Waals surface area contributed by atoms with Crippen molar-refractivity contribution in [2.24, 2.45) is 11.8 Å². The van der Waals surface area contributed by atoms with Crippen molar-refractivity contribution in [2.75, 3.05) is 25.4 Å². The molecule has 0 unspecified atom stereocenters. The molecule has 0 radical (unpaired) electrons. The topological polar surface area (TPSA) is 144 Å². The summed E-state index contributed by atoms with van der Waals surface area (Å²) in [4.78, 5) is 16.8. The van der Waals surface area contributed by atoms with Crippen molar-refractivity contribution in [3.8, 4) is 0 Å². The smallest absolute Gasteiger partial charge is 0.407 e. The van der Waals surface area contributed by atoms with Crippen molar-refractivity contribution < 1.29 is 27.8 Å². The molecule has 208 valence electrons. The van der Waals surface area contributed by atoms with E-state index in [2.05, 4.69) is 10.3 Å². The average molecular weight is 547 g/mol. The lowest BCUT2D eigenvalue weighted by molar-refractivity contribution is 0.0554. The number of alkyl carbamates (subject to hydrolysis) is 1. The number of aliphatic hydroxyl groups excluding tert-OH is 1. The fourth-order valence-corrected chi connectivity index (χ4v) is 6.86. The molecule has 1 aliphatic carbocycles. The molecule has 5 atom stereocenters. The van der Waals surface area contributed by atoms with Gasteiger partial charge in [-0.3, -0.25) is 4.98 Å². The first kappa shape index (κ1) is 28.3. The van der Waals surface area contributed by atoms with Crippen LogP contribution < -0.4 is 11.1 Å². The molecule has 2 heterocycles. The monoisotopic (exact) mass is 546 g/mol. The highest BCUT2D eigenvalue weighted by Crippen LogP contribution is 2.37. The average Bonchev–Trinajstić information content (AvgIpc) is 3.45. The summed E-state index contributed by atoms with van der Waals surface area (Å²) in [5.74, 6) is 0.398. The van der Waals surface area contributed by atoms with Gasteiger partial charge in [0.15, 0.2) is 0 Å². The maximum atomic E-state index is 13.5. The van der Waals surface area contributed by atoms with Crippen molar-refractivity contribution in [1.82, 2.24) is 14.6 Å². The van der Waals surface area contributed by atoms with Crippen molar-refractivity contribution in [1.29, 1.82) is 0 Å². The summed E-state index contributed by atoms with van der Waals surface area (Å²) in [6.07, 6.45) is 3.36. The molecule has 2 fully saturated rings. The first-order chi connectivity index (χ1) is 18.1. The molecule has 1 saturated heterocycles. The van der Waals surface area contributed by atoms with E-state index in [0.29, 0.717) is 18.8 Å². The van der Waals surface area contributed by atoms with Crippen molar-refractivity contribution in [3.05, 3.63) is 54.4 Å². The molecule has 4 N–H and O–H groups in total. The summed E-state index contributed by atoms with van der Waals surface area (Å²) in [7, 11) is -4.00. The Bertz CT molecular complexity index is 1170. The number of hydrogen-bond donors (Lipinski definition) is 3. The number of benzene rings is 1. The van der Waals surface area contributed by atoms with Crippen LogP contribution in [-0.2, 0) is 25.9 Å². The molecule has 1 amide bonds. The van der Waals surface area contributed by atoms with Crippen LogP contribution in [0, 0.1) is 11.8 Å². The number of fused-ring (bicyclic) bond motifs is 1. The normalized spacial score (nSPS) is 22.8. The number of nitrogens with zero attached hydrogens (tertiary/aromatic N) is 2. The second-order valence-electron chi connectivity index (χ2n) is 10.6. The number of carbonyl (C=O) groups is 1. The molecular weight excluding hydrogens is 508 g/mol. The number of carbonyl (C=O) groups excluding carboxylic acids is 1. The lowest BCUT2D eigenvalue weighted by atomic mass is 10.0. The third-order valence-corrected chi connectivity index (χ3v) is 8.88. The van der Waals surface area contributed by atoms with Crippen LogP contribution in [0.1, 0.15) is 38.7 Å². The van der Waals surface area contributed by atoms with Gasteiger partial charge < -0.3 is 25.6 Å². The first-order valence-electron chi connectivity index (χ1n) is 13.1. The van der Waals surface area contributed by atoms with E-state index in [0.717, 1.165) is 25.0 Å². The molecular formula is C27H38N4O6S. The van der Waals surface area contributed by atoms with Gasteiger partial charge in [-0.1, -0.05) is 44.2 Å². The van der Waals surface area contributed by atoms with E-state index in [1.54, 1.807) is 0 Å². The molecule has 38 heavy (non-hydrogen) atoms. The maximum Gasteiger partial charge on any atom is 0.407 e. The van der Waals surface area contributed by atoms with Gasteiger partial charge in [0, 0.05) is 38.5 Å². The number of hydrogen-bond acceptors (Lipinski definition) is 8. The minimum absolute atomic E-state index is 0.0134. The third kappa shape index (κ3) is 7.22. The molecule has 1 aromatic heterocycles. The van der Waals surface area contributed by atoms with Crippen LogP contribution in [0.25, 0.3) is 0 Å². The minimum atomic E-state index is -4.00. The Morgan fingerprint density at radius 1 is 1.24 bits per heavy atom. The molecule has 11 heteroatoms. The van der Waals surface area contributed by atoms with E-state index < -0.39 is 28.3 Å². The number of aromatic nitrogens is 1. The number of amides is 1. The summed E-state index contributed by atoms with van der Waals surface area (Å²) < 4.78 is 39.6. The van der Waals surface area contributed by atoms with E-state index in [1.807, 2.05) is 44.2 Å². The number of anilines is 1. The Hall–Kier alpha value is -2.73. The summed E-state index contributed by atoms with van der Waals surface area (Å²) >= 11 is 0. The van der Waals surface area contributed by atoms with Gasteiger partial charge in [-0.05, 0) is 42.7 Å². The van der Waals surface area contributed by atoms with Gasteiger partial charge in [0.05, 0.1) is 23.9 Å². The Morgan fingerprint density at radius 3 is 2.68 bits per heavy atom. The largest absolute Gasteiger partial charge is 0.446 e. The Kier molecular flexibility index (Phi) is 9.24. The second kappa shape index (κ2) is 12.4. The van der Waals surface area contributed by atoms with Gasteiger partial charge in [0.1, 0.15) is 11.0 Å². The van der Waals surface area contributed by atoms with E-state index >= 15 is 0 Å². The number of nitrogens with two attached hydrogens (primary N) is 1. The second-order valence-corrected chi connectivity index (χ2v) is 12.6. The maximum absolute atomic E-state index is 13.5. The van der Waals surface area contributed by atoms with Crippen LogP contribution in [0.5, 0.6) is 0 Å². The fraction of sp³-hybridized carbons (Fsp3) is 0.556. The SMILES string of the molecule is CC(C)CN(C[C@@H](O)[C@H](Cc1ccccc1)NC(=O)O[C@H]1C[C@H]2CCO[C@H]2C1)S(=O)(=O)c1cncc(N)c1. The van der Waals surface area contributed by atoms with Crippen molar-refractivity contribution in [3.63, 3.8) is 0 Å². The molecule has 2 aromatic rings. The lowest BCUT2D eigenvalue weighted by Crippen LogP contribution is -2.51. The van der Waals surface area contributed by atoms with Gasteiger partial charge >= 0.3 is 6.09 Å². The minimum Gasteiger partial charge on any atom is -0.446 e. The Balaban J connectivity index is 1.49. The van der Waals surface area contributed by atoms with Gasteiger partial charge in [0.25, 0.3) is 0 Å². The standard InChI is InChI=1S/C27H38N4O6S/c1-18(2)16-31(38(34,35)23-12-21(28)14-29-15-23)17-25(32)24(10-19-6-4-3-5-7-19)30-27(33)37-22-11-20-8-9-36-26(20)13-22/h3-7,12,14-15,18,20,22,24-26,32H,8-11,13,16-17,28H2,1-2H3,(H,30,33)/t20-,22+,24+,25-,26+/m1/s1. The molecule has 1 saturated carbocycles. The van der Waals surface area contributed by atoms with Crippen molar-refractivity contribution in [2.45, 2.75) is 68.8 Å². The number of pyridine rings is 1. The quantitative estimate of drug-likeness (QED) is 0.390. The van der Waals surface area contributed by atoms with Gasteiger partial charge in [-0.2, -0.15) is 4.31 Å². The summed E-state index contributed by atoms with van der Waals surface area (Å²) in [6.45, 7) is 4.48. The molecule has 1 aliphatic heterocycles. The highest BCUT2D eigenvalue weighted by molar-refractivity contribution is 7.89. The molecule has 10 nitrogen and oxygen atoms in total. The van der Waals surface area contributed by atoms with Crippen molar-refractivity contribution >= 4 is 21.8 Å². The molecule has 4 rings (SSSR count). The summed E-state index contributed by atoms with van der Waals surface area (Å²) in [5, 5.41) is 14.1. The third-order valence-electron chi connectivity index (χ3n) is 7.08. The summed E-state index contributed by atoms with van der Waals surface area (Å²) in [6, 6.07) is 9.97. The first-order valence-corrected chi connectivity index (χ1v) is 14.6. The van der Waals surface area contributed by atoms with E-state index in [1.165, 1.54) is 22.8 Å². The van der Waals surface area contributed by atoms with E-state index in [9.17, 15) is 18.3 Å². The number of nitrogens with one attached hydrogen (secondary N) is 1. The predicted octanol–water partition coefficient (Wildman–Crippen LogP) is 2.58. The fourth-order valence-electron chi connectivity index (χ4n) is 5.24. The predicted molar refractivity (Wildman–Crippen MR) is 143 cm³/mol. The molecule has 0 bridgehead atoms. The number of rotatable bonds is 11. The van der Waals surface area contributed by atoms with Crippen LogP contribution in [0.3, 0.4) is 0 Å². The number of ether oxygens (including phenoxy) is 2. The van der Waals surface area contributed by atoms with Gasteiger partial charge in [-0.15, -0.1) is 0 Å². The molecule has 2 aliphatic rings. The zero-order valence-corrected chi connectivity index (χ0v) is 22.7. The van der Waals surface area contributed by atoms with Crippen LogP contribution in [0.2, 0.25) is 0 Å². The molecule has 0 spiro atoms. The van der Waals surface area contributed by atoms with Crippen LogP contribution in [0.15, 0.2) is 53.7 Å². The Morgan fingerprint density at radius 2 is 2.00 bits per heavy atom. The van der Waals surface area contributed by atoms with Gasteiger partial charge in [0.2, 0.25) is 10.0 Å². The zero-order chi connectivity index (χ0) is 27.3. The van der Waals surface area contributed by atoms with Crippen LogP contribution >= 0.6 is 0 Å². The summed E-state index contributed by atoms with van der Waals surface area (Å²) in [5.41, 5.74) is 6.89. The lowest BCUT2D eigenvalue weighted by Gasteiger charge is -2.30.